The van der Waals surface area contributed by atoms with E-state index in [-0.39, 0.29) is 25.7 Å². The summed E-state index contributed by atoms with van der Waals surface area (Å²) in [6.07, 6.45) is 0. The third-order valence-corrected chi connectivity index (χ3v) is 3.46. The molecule has 1 aliphatic rings. The number of nitrogens with zero attached hydrogens (tertiary/aromatic N) is 1. The van der Waals surface area contributed by atoms with E-state index >= 15 is 0 Å². The van der Waals surface area contributed by atoms with Crippen LogP contribution in [0.4, 0.5) is 14.5 Å². The molecule has 1 aliphatic heterocycles. The van der Waals surface area contributed by atoms with Gasteiger partial charge in [0.15, 0.2) is 0 Å². The molecule has 0 fully saturated rings. The van der Waals surface area contributed by atoms with Gasteiger partial charge in [0.1, 0.15) is 0 Å². The van der Waals surface area contributed by atoms with E-state index in [1.54, 1.807) is 0 Å². The Morgan fingerprint density at radius 1 is 1.00 bits per heavy atom. The number of rotatable bonds is 1. The second kappa shape index (κ2) is 5.14. The van der Waals surface area contributed by atoms with Crippen molar-refractivity contribution in [3.8, 4) is 0 Å². The van der Waals surface area contributed by atoms with E-state index in [0.717, 1.165) is 34.2 Å². The number of halogens is 2. The smallest absolute Gasteiger partial charge is 0.0600 e. The van der Waals surface area contributed by atoms with E-state index in [0.29, 0.717) is 5.71 Å². The predicted molar refractivity (Wildman–Crippen MR) is 74.4 cm³/mol. The van der Waals surface area contributed by atoms with Crippen LogP contribution in [-0.4, -0.2) is 5.71 Å². The van der Waals surface area contributed by atoms with Gasteiger partial charge in [-0.05, 0) is 22.7 Å². The van der Waals surface area contributed by atoms with Crippen molar-refractivity contribution in [3.63, 3.8) is 0 Å². The Morgan fingerprint density at radius 3 is 2.52 bits per heavy atom. The molecule has 4 heteroatoms. The zero-order chi connectivity index (χ0) is 13.7. The summed E-state index contributed by atoms with van der Waals surface area (Å²) >= 11 is 0. The fourth-order valence-corrected chi connectivity index (χ4v) is 2.61. The molecule has 0 aromatic heterocycles. The topological polar surface area (TPSA) is 12.4 Å². The number of benzene rings is 3. The first-order valence-electron chi connectivity index (χ1n) is 6.22. The van der Waals surface area contributed by atoms with Crippen molar-refractivity contribution < 1.29 is 28.9 Å². The minimum Gasteiger partial charge on any atom is -0.296 e. The van der Waals surface area contributed by atoms with Gasteiger partial charge in [-0.2, -0.15) is 0 Å². The third-order valence-electron chi connectivity index (χ3n) is 3.46. The first-order chi connectivity index (χ1) is 9.74. The van der Waals surface area contributed by atoms with Crippen molar-refractivity contribution >= 4 is 22.2 Å². The molecule has 3 aromatic carbocycles. The molecule has 4 rings (SSSR count). The molecular formula is C17H8F2IrN-. The Labute approximate surface area is 133 Å². The van der Waals surface area contributed by atoms with E-state index < -0.39 is 11.6 Å². The molecule has 1 heterocycles. The molecule has 105 valence electrons. The average Bonchev–Trinajstić information content (AvgIpc) is 2.80. The van der Waals surface area contributed by atoms with Gasteiger partial charge in [0.05, 0.1) is 5.69 Å². The van der Waals surface area contributed by atoms with Gasteiger partial charge in [0, 0.05) is 37.1 Å². The Hall–Kier alpha value is -1.90. The van der Waals surface area contributed by atoms with Gasteiger partial charge in [0.2, 0.25) is 0 Å². The van der Waals surface area contributed by atoms with Gasteiger partial charge in [0.25, 0.3) is 0 Å². The summed E-state index contributed by atoms with van der Waals surface area (Å²) in [6.45, 7) is 0. The SMILES string of the molecule is Fc1c[c-]c(C2=Nc3cccc4cccc2c34)c(F)c1.[Ir]. The van der Waals surface area contributed by atoms with Gasteiger partial charge in [-0.3, -0.25) is 13.8 Å². The summed E-state index contributed by atoms with van der Waals surface area (Å²) in [7, 11) is 0. The molecule has 0 bridgehead atoms. The maximum Gasteiger partial charge on any atom is 0.0600 e. The molecule has 0 unspecified atom stereocenters. The summed E-state index contributed by atoms with van der Waals surface area (Å²) in [5, 5.41) is 2.06. The maximum absolute atomic E-state index is 14.0. The Balaban J connectivity index is 0.00000132. The van der Waals surface area contributed by atoms with Crippen molar-refractivity contribution in [2.45, 2.75) is 0 Å². The molecule has 0 saturated carbocycles. The van der Waals surface area contributed by atoms with E-state index in [4.69, 9.17) is 0 Å². The maximum atomic E-state index is 14.0. The van der Waals surface area contributed by atoms with Crippen LogP contribution in [0.3, 0.4) is 0 Å². The molecule has 0 saturated heterocycles. The largest absolute Gasteiger partial charge is 0.296 e. The van der Waals surface area contributed by atoms with Crippen molar-refractivity contribution in [3.05, 3.63) is 77.4 Å². The molecular weight excluding hydrogens is 448 g/mol. The Morgan fingerprint density at radius 2 is 1.76 bits per heavy atom. The quantitative estimate of drug-likeness (QED) is 0.377. The molecule has 0 spiro atoms. The standard InChI is InChI=1S/C17H8F2N.Ir/c18-11-7-8-12(14(19)9-11)17-13-5-1-3-10-4-2-6-15(20-17)16(10)13;/h1-7,9H;/q-1;. The fraction of sp³-hybridized carbons (Fsp3) is 0. The number of hydrogen-bond acceptors (Lipinski definition) is 1. The van der Waals surface area contributed by atoms with Crippen molar-refractivity contribution in [2.24, 2.45) is 4.99 Å². The number of aliphatic imine (C=N–C) groups is 1. The summed E-state index contributed by atoms with van der Waals surface area (Å²) in [6, 6.07) is 16.2. The third kappa shape index (κ3) is 2.11. The van der Waals surface area contributed by atoms with Crippen LogP contribution in [0.25, 0.3) is 10.8 Å². The first-order valence-corrected chi connectivity index (χ1v) is 6.22. The van der Waals surface area contributed by atoms with Crippen LogP contribution in [0.15, 0.2) is 53.5 Å². The summed E-state index contributed by atoms with van der Waals surface area (Å²) < 4.78 is 27.0. The summed E-state index contributed by atoms with van der Waals surface area (Å²) in [5.41, 5.74) is 2.38. The molecule has 0 aliphatic carbocycles. The van der Waals surface area contributed by atoms with E-state index in [9.17, 15) is 8.78 Å². The van der Waals surface area contributed by atoms with Crippen molar-refractivity contribution in [1.29, 1.82) is 0 Å². The first kappa shape index (κ1) is 14.1. The molecule has 3 aromatic rings. The van der Waals surface area contributed by atoms with E-state index in [1.165, 1.54) is 0 Å². The van der Waals surface area contributed by atoms with Crippen molar-refractivity contribution in [1.82, 2.24) is 0 Å². The van der Waals surface area contributed by atoms with E-state index in [2.05, 4.69) is 11.1 Å². The summed E-state index contributed by atoms with van der Waals surface area (Å²) in [4.78, 5) is 4.48. The van der Waals surface area contributed by atoms with Crippen LogP contribution in [0.5, 0.6) is 0 Å². The van der Waals surface area contributed by atoms with Gasteiger partial charge in [-0.1, -0.05) is 42.0 Å². The van der Waals surface area contributed by atoms with E-state index in [1.807, 2.05) is 36.4 Å². The molecule has 0 N–H and O–H groups in total. The van der Waals surface area contributed by atoms with Gasteiger partial charge in [-0.25, -0.2) is 0 Å². The monoisotopic (exact) mass is 457 g/mol. The normalized spacial score (nSPS) is 12.2. The van der Waals surface area contributed by atoms with Crippen LogP contribution < -0.4 is 0 Å². The summed E-state index contributed by atoms with van der Waals surface area (Å²) in [5.74, 6) is -1.28. The number of hydrogen-bond donors (Lipinski definition) is 0. The van der Waals surface area contributed by atoms with Crippen LogP contribution in [0, 0.1) is 17.7 Å². The second-order valence-electron chi connectivity index (χ2n) is 4.68. The molecule has 0 atom stereocenters. The predicted octanol–water partition coefficient (Wildman–Crippen LogP) is 4.40. The van der Waals surface area contributed by atoms with Crippen LogP contribution in [0.1, 0.15) is 11.1 Å². The molecule has 1 nitrogen and oxygen atoms in total. The molecule has 1 radical (unpaired) electrons. The van der Waals surface area contributed by atoms with Crippen molar-refractivity contribution in [2.75, 3.05) is 0 Å². The van der Waals surface area contributed by atoms with Gasteiger partial charge >= 0.3 is 0 Å². The van der Waals surface area contributed by atoms with Crippen LogP contribution in [0.2, 0.25) is 0 Å². The van der Waals surface area contributed by atoms with Gasteiger partial charge in [-0.15, -0.1) is 12.1 Å². The van der Waals surface area contributed by atoms with Crippen LogP contribution >= 0.6 is 0 Å². The minimum absolute atomic E-state index is 0. The van der Waals surface area contributed by atoms with Gasteiger partial charge < -0.3 is 0 Å². The fourth-order valence-electron chi connectivity index (χ4n) is 2.61. The average molecular weight is 456 g/mol. The zero-order valence-corrected chi connectivity index (χ0v) is 13.1. The molecule has 0 amide bonds. The Bertz CT molecular complexity index is 882. The zero-order valence-electron chi connectivity index (χ0n) is 10.7. The minimum atomic E-state index is -0.645. The Kier molecular flexibility index (Phi) is 3.44. The van der Waals surface area contributed by atoms with Crippen LogP contribution in [-0.2, 0) is 20.1 Å². The molecule has 21 heavy (non-hydrogen) atoms. The second-order valence-corrected chi connectivity index (χ2v) is 4.68.